The van der Waals surface area contributed by atoms with Crippen LogP contribution in [-0.2, 0) is 6.42 Å². The Hall–Kier alpha value is -3.85. The number of ether oxygens (including phenoxy) is 2. The fourth-order valence-corrected chi connectivity index (χ4v) is 3.03. The molecule has 0 radical (unpaired) electrons. The van der Waals surface area contributed by atoms with Crippen molar-refractivity contribution in [3.8, 4) is 11.5 Å². The number of anilines is 1. The number of nitrogens with one attached hydrogen (secondary N) is 2. The molecule has 0 fully saturated rings. The number of aromatic carboxylic acids is 1. The number of amides is 1. The number of hydrogen-bond acceptors (Lipinski definition) is 6. The number of aromatic nitrogens is 2. The summed E-state index contributed by atoms with van der Waals surface area (Å²) in [6, 6.07) is 10.7. The molecular formula is C21H18ClN3O6. The van der Waals surface area contributed by atoms with Crippen LogP contribution < -0.4 is 20.3 Å². The van der Waals surface area contributed by atoms with Gasteiger partial charge in [-0.05, 0) is 23.8 Å². The summed E-state index contributed by atoms with van der Waals surface area (Å²) < 4.78 is 10.2. The SMILES string of the molecule is COc1ccc(Cc2nc(C(=O)Nc3cc(OC)c(C(=O)O)cc3Cl)cc(=O)[nH]2)cc1. The zero-order valence-corrected chi connectivity index (χ0v) is 17.3. The number of H-pyrrole nitrogens is 1. The number of carboxylic acid groups (broad SMARTS) is 1. The maximum atomic E-state index is 12.7. The van der Waals surface area contributed by atoms with E-state index in [1.807, 2.05) is 12.1 Å². The van der Waals surface area contributed by atoms with E-state index in [9.17, 15) is 19.5 Å². The number of halogens is 1. The number of carbonyl (C=O) groups excluding carboxylic acids is 1. The van der Waals surface area contributed by atoms with E-state index in [0.29, 0.717) is 18.0 Å². The van der Waals surface area contributed by atoms with Crippen molar-refractivity contribution in [3.05, 3.63) is 80.5 Å². The molecule has 3 rings (SSSR count). The Morgan fingerprint density at radius 3 is 2.45 bits per heavy atom. The second kappa shape index (κ2) is 9.31. The molecule has 0 saturated heterocycles. The molecule has 1 amide bonds. The highest BCUT2D eigenvalue weighted by Gasteiger charge is 2.18. The first-order chi connectivity index (χ1) is 14.8. The Balaban J connectivity index is 1.85. The molecule has 3 aromatic rings. The molecule has 0 aliphatic carbocycles. The van der Waals surface area contributed by atoms with Crippen LogP contribution in [0.3, 0.4) is 0 Å². The summed E-state index contributed by atoms with van der Waals surface area (Å²) in [6.45, 7) is 0. The summed E-state index contributed by atoms with van der Waals surface area (Å²) in [6.07, 6.45) is 0.294. The molecule has 3 N–H and O–H groups in total. The van der Waals surface area contributed by atoms with Crippen LogP contribution in [0.4, 0.5) is 5.69 Å². The van der Waals surface area contributed by atoms with Crippen LogP contribution in [0, 0.1) is 0 Å². The number of carbonyl (C=O) groups is 2. The summed E-state index contributed by atoms with van der Waals surface area (Å²) in [5, 5.41) is 11.7. The molecule has 0 saturated carbocycles. The van der Waals surface area contributed by atoms with Gasteiger partial charge in [0.1, 0.15) is 28.6 Å². The van der Waals surface area contributed by atoms with Crippen molar-refractivity contribution in [2.45, 2.75) is 6.42 Å². The summed E-state index contributed by atoms with van der Waals surface area (Å²) >= 11 is 6.10. The molecule has 31 heavy (non-hydrogen) atoms. The monoisotopic (exact) mass is 443 g/mol. The van der Waals surface area contributed by atoms with Crippen LogP contribution in [0.25, 0.3) is 0 Å². The van der Waals surface area contributed by atoms with Crippen molar-refractivity contribution in [1.29, 1.82) is 0 Å². The molecule has 0 bridgehead atoms. The maximum absolute atomic E-state index is 12.7. The lowest BCUT2D eigenvalue weighted by Gasteiger charge is -2.11. The van der Waals surface area contributed by atoms with E-state index in [1.165, 1.54) is 19.2 Å². The highest BCUT2D eigenvalue weighted by atomic mass is 35.5. The molecule has 1 heterocycles. The van der Waals surface area contributed by atoms with Gasteiger partial charge in [0.2, 0.25) is 0 Å². The van der Waals surface area contributed by atoms with E-state index in [4.69, 9.17) is 21.1 Å². The van der Waals surface area contributed by atoms with Crippen molar-refractivity contribution in [2.75, 3.05) is 19.5 Å². The summed E-state index contributed by atoms with van der Waals surface area (Å²) in [7, 11) is 2.86. The van der Waals surface area contributed by atoms with Crippen LogP contribution in [0.15, 0.2) is 47.3 Å². The van der Waals surface area contributed by atoms with Crippen LogP contribution in [0.1, 0.15) is 32.2 Å². The van der Waals surface area contributed by atoms with Gasteiger partial charge < -0.3 is 24.9 Å². The van der Waals surface area contributed by atoms with Crippen LogP contribution in [-0.4, -0.2) is 41.2 Å². The fourth-order valence-electron chi connectivity index (χ4n) is 2.82. The van der Waals surface area contributed by atoms with E-state index in [2.05, 4.69) is 15.3 Å². The average Bonchev–Trinajstić information content (AvgIpc) is 2.74. The number of nitrogens with zero attached hydrogens (tertiary/aromatic N) is 1. The number of benzene rings is 2. The molecule has 160 valence electrons. The smallest absolute Gasteiger partial charge is 0.339 e. The third kappa shape index (κ3) is 5.20. The van der Waals surface area contributed by atoms with Gasteiger partial charge >= 0.3 is 5.97 Å². The average molecular weight is 444 g/mol. The van der Waals surface area contributed by atoms with Crippen LogP contribution >= 0.6 is 11.6 Å². The van der Waals surface area contributed by atoms with Gasteiger partial charge in [-0.25, -0.2) is 9.78 Å². The quantitative estimate of drug-likeness (QED) is 0.511. The van der Waals surface area contributed by atoms with Gasteiger partial charge in [-0.3, -0.25) is 9.59 Å². The number of hydrogen-bond donors (Lipinski definition) is 3. The molecule has 0 aliphatic rings. The van der Waals surface area contributed by atoms with Gasteiger partial charge in [0, 0.05) is 18.6 Å². The zero-order valence-electron chi connectivity index (χ0n) is 16.6. The van der Waals surface area contributed by atoms with Crippen molar-refractivity contribution >= 4 is 29.2 Å². The molecule has 0 unspecified atom stereocenters. The van der Waals surface area contributed by atoms with Crippen LogP contribution in [0.5, 0.6) is 11.5 Å². The van der Waals surface area contributed by atoms with Crippen molar-refractivity contribution in [2.24, 2.45) is 0 Å². The predicted molar refractivity (Wildman–Crippen MR) is 114 cm³/mol. The number of methoxy groups -OCH3 is 2. The largest absolute Gasteiger partial charge is 0.497 e. The Labute approximate surface area is 181 Å². The molecule has 0 spiro atoms. The lowest BCUT2D eigenvalue weighted by Crippen LogP contribution is -2.21. The Kier molecular flexibility index (Phi) is 6.56. The molecule has 9 nitrogen and oxygen atoms in total. The molecule has 0 atom stereocenters. The number of aromatic amines is 1. The minimum Gasteiger partial charge on any atom is -0.497 e. The minimum atomic E-state index is -1.23. The summed E-state index contributed by atoms with van der Waals surface area (Å²) in [5.41, 5.74) is 0.213. The normalized spacial score (nSPS) is 10.4. The molecule has 0 aliphatic heterocycles. The first kappa shape index (κ1) is 21.8. The van der Waals surface area contributed by atoms with Crippen LogP contribution in [0.2, 0.25) is 5.02 Å². The van der Waals surface area contributed by atoms with Gasteiger partial charge in [0.15, 0.2) is 0 Å². The third-order valence-electron chi connectivity index (χ3n) is 4.32. The third-order valence-corrected chi connectivity index (χ3v) is 4.63. The molecular weight excluding hydrogens is 426 g/mol. The molecule has 10 heteroatoms. The van der Waals surface area contributed by atoms with Crippen molar-refractivity contribution in [3.63, 3.8) is 0 Å². The lowest BCUT2D eigenvalue weighted by atomic mass is 10.1. The molecule has 1 aromatic heterocycles. The zero-order chi connectivity index (χ0) is 22.5. The van der Waals surface area contributed by atoms with Crippen molar-refractivity contribution in [1.82, 2.24) is 9.97 Å². The number of rotatable bonds is 7. The van der Waals surface area contributed by atoms with E-state index in [0.717, 1.165) is 11.6 Å². The fraction of sp³-hybridized carbons (Fsp3) is 0.143. The Morgan fingerprint density at radius 1 is 1.13 bits per heavy atom. The van der Waals surface area contributed by atoms with Gasteiger partial charge in [0.25, 0.3) is 11.5 Å². The first-order valence-corrected chi connectivity index (χ1v) is 9.34. The highest BCUT2D eigenvalue weighted by Crippen LogP contribution is 2.31. The van der Waals surface area contributed by atoms with E-state index < -0.39 is 17.4 Å². The second-order valence-electron chi connectivity index (χ2n) is 6.39. The highest BCUT2D eigenvalue weighted by molar-refractivity contribution is 6.34. The van der Waals surface area contributed by atoms with Crippen molar-refractivity contribution < 1.29 is 24.2 Å². The van der Waals surface area contributed by atoms with E-state index in [1.54, 1.807) is 19.2 Å². The lowest BCUT2D eigenvalue weighted by molar-refractivity contribution is 0.0693. The van der Waals surface area contributed by atoms with E-state index >= 15 is 0 Å². The summed E-state index contributed by atoms with van der Waals surface area (Å²) in [5.74, 6) is -0.899. The van der Waals surface area contributed by atoms with Gasteiger partial charge in [-0.2, -0.15) is 0 Å². The first-order valence-electron chi connectivity index (χ1n) is 8.96. The second-order valence-corrected chi connectivity index (χ2v) is 6.80. The maximum Gasteiger partial charge on any atom is 0.339 e. The molecule has 2 aromatic carbocycles. The Bertz CT molecular complexity index is 1190. The van der Waals surface area contributed by atoms with E-state index in [-0.39, 0.29) is 27.7 Å². The van der Waals surface area contributed by atoms with Gasteiger partial charge in [0.05, 0.1) is 24.9 Å². The standard InChI is InChI=1S/C21H18ClN3O6/c1-30-12-5-3-11(4-6-12)7-18-23-16(10-19(26)25-18)20(27)24-15-9-17(31-2)13(21(28)29)8-14(15)22/h3-6,8-10H,7H2,1-2H3,(H,24,27)(H,28,29)(H,23,25,26). The summed E-state index contributed by atoms with van der Waals surface area (Å²) in [4.78, 5) is 42.8. The van der Waals surface area contributed by atoms with Gasteiger partial charge in [-0.1, -0.05) is 23.7 Å². The predicted octanol–water partition coefficient (Wildman–Crippen LogP) is 2.98. The minimum absolute atomic E-state index is 0.00477. The topological polar surface area (TPSA) is 131 Å². The van der Waals surface area contributed by atoms with Gasteiger partial charge in [-0.15, -0.1) is 0 Å². The number of carboxylic acids is 1. The Morgan fingerprint density at radius 2 is 1.84 bits per heavy atom.